The van der Waals surface area contributed by atoms with Gasteiger partial charge in [-0.2, -0.15) is 0 Å². The van der Waals surface area contributed by atoms with Gasteiger partial charge in [-0.1, -0.05) is 123 Å². The molecule has 34 heteroatoms. The van der Waals surface area contributed by atoms with Crippen LogP contribution in [-0.2, 0) is 49.4 Å². The Hall–Kier alpha value is -7.33. The fraction of sp³-hybridized carbons (Fsp3) is 0.377. The van der Waals surface area contributed by atoms with E-state index in [1.807, 2.05) is 0 Å². The van der Waals surface area contributed by atoms with Crippen LogP contribution in [0.5, 0.6) is 17.2 Å². The topological polar surface area (TPSA) is 370 Å². The number of esters is 4. The number of aliphatic hydroxyl groups is 2. The van der Waals surface area contributed by atoms with Gasteiger partial charge in [0.15, 0.2) is 22.8 Å². The second-order valence-electron chi connectivity index (χ2n) is 17.7. The van der Waals surface area contributed by atoms with E-state index >= 15 is 0 Å². The Morgan fingerprint density at radius 3 is 1.23 bits per heavy atom. The lowest BCUT2D eigenvalue weighted by atomic mass is 10.2. The number of rotatable bonds is 27. The van der Waals surface area contributed by atoms with Gasteiger partial charge < -0.3 is 67.0 Å². The van der Waals surface area contributed by atoms with Crippen molar-refractivity contribution in [1.82, 2.24) is 26.1 Å². The van der Waals surface area contributed by atoms with E-state index in [9.17, 15) is 24.0 Å². The van der Waals surface area contributed by atoms with Crippen molar-refractivity contribution < 1.29 is 96.2 Å². The molecule has 1 amide bonds. The molecule has 0 aliphatic rings. The van der Waals surface area contributed by atoms with E-state index in [2.05, 4.69) is 52.4 Å². The molecule has 95 heavy (non-hydrogen) atoms. The number of phenolic OH excluding ortho intramolecular Hbond substituents is 1. The molecule has 0 aliphatic heterocycles. The number of hydrogen-bond donors (Lipinski definition) is 6. The third kappa shape index (κ3) is 37.5. The highest BCUT2D eigenvalue weighted by Crippen LogP contribution is 2.28. The van der Waals surface area contributed by atoms with Crippen LogP contribution in [0.1, 0.15) is 131 Å². The van der Waals surface area contributed by atoms with Crippen molar-refractivity contribution >= 4 is 132 Å². The summed E-state index contributed by atoms with van der Waals surface area (Å²) in [6.07, 6.45) is 11.7. The average molecular weight is 1540 g/mol. The zero-order valence-corrected chi connectivity index (χ0v) is 58.5. The Balaban J connectivity index is 0.000000576. The third-order valence-corrected chi connectivity index (χ3v) is 13.5. The number of alkyl halides is 1. The van der Waals surface area contributed by atoms with Crippen molar-refractivity contribution in [3.05, 3.63) is 155 Å². The summed E-state index contributed by atoms with van der Waals surface area (Å²) in [5.41, 5.74) is 2.12. The number of aromatic hydroxyl groups is 1. The molecule has 6 N–H and O–H groups in total. The number of benzene rings is 3. The molecule has 7 rings (SSSR count). The molecular weight excluding hydrogens is 1460 g/mol. The molecule has 3 aromatic carbocycles. The predicted molar refractivity (Wildman–Crippen MR) is 356 cm³/mol. The maximum absolute atomic E-state index is 11.4. The minimum Gasteiger partial charge on any atom is -0.508 e. The second kappa shape index (κ2) is 51.9. The molecule has 0 radical (unpaired) electrons. The number of nitrogens with one attached hydrogen (secondary N) is 1. The lowest BCUT2D eigenvalue weighted by Crippen LogP contribution is -2.18. The normalized spacial score (nSPS) is 10.1. The van der Waals surface area contributed by atoms with Crippen LogP contribution in [-0.4, -0.2) is 140 Å². The Morgan fingerprint density at radius 1 is 0.537 bits per heavy atom. The summed E-state index contributed by atoms with van der Waals surface area (Å²) in [5, 5.41) is 61.6. The van der Waals surface area contributed by atoms with E-state index in [0.717, 1.165) is 24.6 Å². The number of phenols is 1. The Labute approximate surface area is 590 Å². The van der Waals surface area contributed by atoms with Gasteiger partial charge in [0.2, 0.25) is 0 Å². The molecule has 0 aliphatic carbocycles. The molecule has 0 unspecified atom stereocenters. The van der Waals surface area contributed by atoms with Gasteiger partial charge in [-0.3, -0.25) is 10.0 Å². The first-order valence-electron chi connectivity index (χ1n) is 28.4. The standard InChI is InChI=1S/C15H15Cl2NO4.C13H12Cl2N2O4.C9H12BrNO3.C9H13NO4.C6H4Cl2O.C5H8O.C4H6ClNO3/c1-2-20-15(19)14-9-11(22-18-14)4-3-7-21-10-5-6-12(16)13(17)8-10;14-10-4-3-8(6-11(10)15)20-5-1-2-9-7-12(17-21-9)13(18)16-19;1-2-13-9(12)8-6-7(14-11-8)4-3-5-10;1-2-13-9(12)8-6-7(14-10-8)4-3-5-11;7-5-2-1-4(9)3-6(5)8;1-2-3-4-5-6;1-2-9-4(7)3(5)6-8/h5-6,8-9H,2-4,7H2,1H3;3-4,6-7,19H,1-2,5H2,(H,16,18);6H,2-5H2,1H3;6,11H,2-5H2,1H3;1-3,9H;1,6H,3-5H2;8H,2H2,1H3/b;;;;;;6-3-. The molecule has 520 valence electrons. The highest BCUT2D eigenvalue weighted by Gasteiger charge is 2.16. The highest BCUT2D eigenvalue weighted by atomic mass is 79.9. The molecular formula is C61H70BrCl7N6O20. The molecule has 0 saturated heterocycles. The van der Waals surface area contributed by atoms with E-state index in [1.165, 1.54) is 29.7 Å². The molecule has 0 atom stereocenters. The van der Waals surface area contributed by atoms with Crippen LogP contribution in [0.3, 0.4) is 0 Å². The lowest BCUT2D eigenvalue weighted by molar-refractivity contribution is -0.134. The average Bonchev–Trinajstić information content (AvgIpc) is 2.38. The Kier molecular flexibility index (Phi) is 46.8. The van der Waals surface area contributed by atoms with Crippen molar-refractivity contribution in [1.29, 1.82) is 0 Å². The molecule has 4 aromatic heterocycles. The van der Waals surface area contributed by atoms with Crippen molar-refractivity contribution in [2.24, 2.45) is 5.16 Å². The number of terminal acetylenes is 1. The number of amides is 1. The fourth-order valence-electron chi connectivity index (χ4n) is 6.19. The molecule has 7 aromatic rings. The largest absolute Gasteiger partial charge is 0.508 e. The number of carbonyl (C=O) groups excluding carboxylic acids is 5. The first kappa shape index (κ1) is 85.7. The molecule has 0 spiro atoms. The first-order chi connectivity index (χ1) is 45.6. The number of aryl methyl sites for hydroxylation is 4. The number of hydroxylamine groups is 1. The van der Waals surface area contributed by atoms with E-state index in [0.29, 0.717) is 143 Å². The summed E-state index contributed by atoms with van der Waals surface area (Å²) >= 11 is 42.8. The Morgan fingerprint density at radius 2 is 0.905 bits per heavy atom. The number of carbonyl (C=O) groups is 5. The van der Waals surface area contributed by atoms with E-state index in [4.69, 9.17) is 155 Å². The maximum atomic E-state index is 11.4. The minimum absolute atomic E-state index is 0.0258. The monoisotopic (exact) mass is 1530 g/mol. The summed E-state index contributed by atoms with van der Waals surface area (Å²) < 4.78 is 49.6. The number of aliphatic hydroxyl groups excluding tert-OH is 2. The number of aromatic nitrogens is 4. The van der Waals surface area contributed by atoms with Crippen LogP contribution >= 0.6 is 97.1 Å². The summed E-state index contributed by atoms with van der Waals surface area (Å²) in [5.74, 6) is 3.34. The van der Waals surface area contributed by atoms with Gasteiger partial charge in [-0.25, -0.2) is 24.7 Å². The van der Waals surface area contributed by atoms with E-state index in [1.54, 1.807) is 82.3 Å². The van der Waals surface area contributed by atoms with Gasteiger partial charge in [0.1, 0.15) is 40.3 Å². The highest BCUT2D eigenvalue weighted by molar-refractivity contribution is 9.09. The van der Waals surface area contributed by atoms with Gasteiger partial charge >= 0.3 is 23.9 Å². The zero-order chi connectivity index (χ0) is 70.9. The van der Waals surface area contributed by atoms with Crippen LogP contribution < -0.4 is 15.0 Å². The number of hydrogen-bond acceptors (Lipinski definition) is 25. The minimum atomic E-state index is -0.818. The van der Waals surface area contributed by atoms with Crippen LogP contribution in [0.4, 0.5) is 0 Å². The number of oxime groups is 1. The van der Waals surface area contributed by atoms with E-state index < -0.39 is 35.0 Å². The van der Waals surface area contributed by atoms with E-state index in [-0.39, 0.29) is 48.3 Å². The predicted octanol–water partition coefficient (Wildman–Crippen LogP) is 13.9. The summed E-state index contributed by atoms with van der Waals surface area (Å²) in [4.78, 5) is 55.2. The molecule has 0 bridgehead atoms. The number of nitrogens with zero attached hydrogens (tertiary/aromatic N) is 5. The number of unbranched alkanes of at least 4 members (excludes halogenated alkanes) is 1. The van der Waals surface area contributed by atoms with Crippen LogP contribution in [0.2, 0.25) is 30.1 Å². The second-order valence-corrected chi connectivity index (χ2v) is 21.3. The number of halogens is 8. The lowest BCUT2D eigenvalue weighted by Gasteiger charge is -2.06. The maximum Gasteiger partial charge on any atom is 0.372 e. The first-order valence-corrected chi connectivity index (χ1v) is 32.2. The SMILES string of the molecule is C#CCCCO.CCOC(=O)/C(Cl)=N/O.CCOC(=O)c1cc(CCCBr)on1.CCOC(=O)c1cc(CCCO)on1.CCOC(=O)c1cc(CCCOc2ccc(Cl)c(Cl)c2)on1.O=C(NO)c1cc(CCCOc2ccc(Cl)c(Cl)c2)on1.Oc1ccc(Cl)c(Cl)c1. The summed E-state index contributed by atoms with van der Waals surface area (Å²) in [6.45, 7) is 9.25. The van der Waals surface area contributed by atoms with Crippen molar-refractivity contribution in [3.8, 4) is 29.6 Å². The fourth-order valence-corrected chi connectivity index (χ4v) is 7.39. The van der Waals surface area contributed by atoms with Gasteiger partial charge in [-0.15, -0.1) is 12.3 Å². The molecule has 4 heterocycles. The smallest absolute Gasteiger partial charge is 0.372 e. The van der Waals surface area contributed by atoms with Crippen molar-refractivity contribution in [2.45, 2.75) is 91.9 Å². The quantitative estimate of drug-likeness (QED) is 0.00320. The van der Waals surface area contributed by atoms with Gasteiger partial charge in [0.05, 0.1) is 69.8 Å². The van der Waals surface area contributed by atoms with Gasteiger partial charge in [0, 0.05) is 87.0 Å². The van der Waals surface area contributed by atoms with Crippen molar-refractivity contribution in [2.75, 3.05) is 58.2 Å². The molecule has 0 saturated carbocycles. The zero-order valence-electron chi connectivity index (χ0n) is 51.6. The Bertz CT molecular complexity index is 3370. The molecule has 0 fully saturated rings. The van der Waals surface area contributed by atoms with Crippen molar-refractivity contribution in [3.63, 3.8) is 0 Å². The van der Waals surface area contributed by atoms with Crippen LogP contribution in [0.25, 0.3) is 0 Å². The van der Waals surface area contributed by atoms with Crippen LogP contribution in [0.15, 0.2) is 102 Å². The number of ether oxygens (including phenoxy) is 6. The van der Waals surface area contributed by atoms with Gasteiger partial charge in [0.25, 0.3) is 11.1 Å². The third-order valence-electron chi connectivity index (χ3n) is 10.5. The van der Waals surface area contributed by atoms with Gasteiger partial charge in [-0.05, 0) is 102 Å². The molecule has 26 nitrogen and oxygen atoms in total. The summed E-state index contributed by atoms with van der Waals surface area (Å²) in [7, 11) is 0. The van der Waals surface area contributed by atoms with Crippen LogP contribution in [0, 0.1) is 12.3 Å². The summed E-state index contributed by atoms with van der Waals surface area (Å²) in [6, 6.07) is 20.7.